The van der Waals surface area contributed by atoms with Crippen LogP contribution in [-0.2, 0) is 4.79 Å². The molecule has 16 heavy (non-hydrogen) atoms. The largest absolute Gasteiger partial charge is 0.393 e. The molecule has 4 nitrogen and oxygen atoms in total. The number of nitrogens with zero attached hydrogens (tertiary/aromatic N) is 1. The maximum Gasteiger partial charge on any atom is 0.227 e. The Kier molecular flexibility index (Phi) is 4.68. The summed E-state index contributed by atoms with van der Waals surface area (Å²) in [5.41, 5.74) is 5.22. The summed E-state index contributed by atoms with van der Waals surface area (Å²) < 4.78 is 0. The fourth-order valence-electron chi connectivity index (χ4n) is 2.21. The minimum absolute atomic E-state index is 0.143. The van der Waals surface area contributed by atoms with Crippen molar-refractivity contribution in [2.75, 3.05) is 26.7 Å². The van der Waals surface area contributed by atoms with E-state index in [1.807, 2.05) is 6.92 Å². The molecule has 0 aromatic heterocycles. The van der Waals surface area contributed by atoms with Gasteiger partial charge in [0.15, 0.2) is 0 Å². The Hall–Kier alpha value is -0.680. The summed E-state index contributed by atoms with van der Waals surface area (Å²) >= 11 is 4.84. The van der Waals surface area contributed by atoms with Crippen molar-refractivity contribution in [3.63, 3.8) is 0 Å². The normalized spacial score (nSPS) is 25.6. The molecule has 0 aromatic carbocycles. The van der Waals surface area contributed by atoms with Crippen LogP contribution in [-0.4, -0.2) is 42.5 Å². The highest BCUT2D eigenvalue weighted by Gasteiger charge is 2.39. The monoisotopic (exact) mass is 243 g/mol. The maximum atomic E-state index is 11.7. The number of carbonyl (C=O) groups excluding carboxylic acids is 1. The third kappa shape index (κ3) is 3.42. The molecule has 0 spiro atoms. The first-order valence-corrected chi connectivity index (χ1v) is 6.11. The molecule has 1 saturated heterocycles. The van der Waals surface area contributed by atoms with Crippen molar-refractivity contribution in [2.24, 2.45) is 11.1 Å². The second-order valence-corrected chi connectivity index (χ2v) is 5.26. The minimum Gasteiger partial charge on any atom is -0.393 e. The van der Waals surface area contributed by atoms with E-state index in [0.29, 0.717) is 4.99 Å². The molecule has 5 heteroatoms. The second kappa shape index (κ2) is 5.59. The van der Waals surface area contributed by atoms with Crippen LogP contribution < -0.4 is 11.1 Å². The third-order valence-corrected chi connectivity index (χ3v) is 3.43. The van der Waals surface area contributed by atoms with Crippen LogP contribution in [0.4, 0.5) is 0 Å². The predicted molar refractivity (Wildman–Crippen MR) is 69.3 cm³/mol. The number of hydrogen-bond acceptors (Lipinski definition) is 3. The Balaban J connectivity index is 2.34. The lowest BCUT2D eigenvalue weighted by molar-refractivity contribution is -0.129. The van der Waals surface area contributed by atoms with E-state index in [1.165, 1.54) is 0 Å². The van der Waals surface area contributed by atoms with Crippen molar-refractivity contribution in [3.8, 4) is 0 Å². The van der Waals surface area contributed by atoms with E-state index >= 15 is 0 Å². The summed E-state index contributed by atoms with van der Waals surface area (Å²) in [4.78, 5) is 14.6. The minimum atomic E-state index is -0.224. The lowest BCUT2D eigenvalue weighted by Crippen LogP contribution is -2.39. The molecule has 0 aliphatic carbocycles. The first kappa shape index (κ1) is 13.4. The van der Waals surface area contributed by atoms with Crippen LogP contribution in [0.1, 0.15) is 26.2 Å². The lowest BCUT2D eigenvalue weighted by atomic mass is 9.89. The number of hydrogen-bond donors (Lipinski definition) is 2. The molecule has 1 fully saturated rings. The van der Waals surface area contributed by atoms with Gasteiger partial charge >= 0.3 is 0 Å². The van der Waals surface area contributed by atoms with Gasteiger partial charge in [-0.25, -0.2) is 0 Å². The van der Waals surface area contributed by atoms with Crippen LogP contribution in [0.2, 0.25) is 0 Å². The molecule has 1 aliphatic rings. The van der Waals surface area contributed by atoms with Crippen LogP contribution in [0, 0.1) is 5.41 Å². The molecule has 3 N–H and O–H groups in total. The van der Waals surface area contributed by atoms with E-state index in [1.54, 1.807) is 7.05 Å². The smallest absolute Gasteiger partial charge is 0.227 e. The van der Waals surface area contributed by atoms with Crippen molar-refractivity contribution >= 4 is 23.1 Å². The molecule has 0 radical (unpaired) electrons. The van der Waals surface area contributed by atoms with Crippen LogP contribution >= 0.6 is 12.2 Å². The summed E-state index contributed by atoms with van der Waals surface area (Å²) in [6.45, 7) is 4.83. The molecule has 1 unspecified atom stereocenters. The Bertz CT molecular complexity index is 282. The summed E-state index contributed by atoms with van der Waals surface area (Å²) in [6, 6.07) is 0. The molecular weight excluding hydrogens is 222 g/mol. The summed E-state index contributed by atoms with van der Waals surface area (Å²) in [5, 5.41) is 2.74. The lowest BCUT2D eigenvalue weighted by Gasteiger charge is -2.22. The molecule has 1 amide bonds. The Morgan fingerprint density at radius 2 is 2.31 bits per heavy atom. The first-order valence-electron chi connectivity index (χ1n) is 5.71. The summed E-state index contributed by atoms with van der Waals surface area (Å²) in [5.74, 6) is 0.143. The van der Waals surface area contributed by atoms with Crippen molar-refractivity contribution < 1.29 is 4.79 Å². The van der Waals surface area contributed by atoms with Crippen molar-refractivity contribution in [1.29, 1.82) is 0 Å². The van der Waals surface area contributed by atoms with Crippen LogP contribution in [0.15, 0.2) is 0 Å². The maximum absolute atomic E-state index is 11.7. The molecule has 0 bridgehead atoms. The number of likely N-dealkylation sites (tertiary alicyclic amines) is 1. The predicted octanol–water partition coefficient (Wildman–Crippen LogP) is 0.511. The molecule has 0 saturated carbocycles. The average Bonchev–Trinajstić information content (AvgIpc) is 2.60. The van der Waals surface area contributed by atoms with E-state index < -0.39 is 0 Å². The average molecular weight is 243 g/mol. The molecule has 1 heterocycles. The van der Waals surface area contributed by atoms with Gasteiger partial charge in [-0.15, -0.1) is 0 Å². The number of nitrogens with one attached hydrogen (secondary N) is 1. The summed E-state index contributed by atoms with van der Waals surface area (Å²) in [6.07, 6.45) is 2.71. The highest BCUT2D eigenvalue weighted by molar-refractivity contribution is 7.80. The van der Waals surface area contributed by atoms with E-state index in [2.05, 4.69) is 10.2 Å². The van der Waals surface area contributed by atoms with Crippen molar-refractivity contribution in [3.05, 3.63) is 0 Å². The van der Waals surface area contributed by atoms with Crippen LogP contribution in [0.25, 0.3) is 0 Å². The highest BCUT2D eigenvalue weighted by atomic mass is 32.1. The zero-order valence-corrected chi connectivity index (χ0v) is 10.9. The number of carbonyl (C=O) groups is 1. The zero-order valence-electron chi connectivity index (χ0n) is 10.1. The number of amides is 1. The number of nitrogens with two attached hydrogens (primary N) is 1. The third-order valence-electron chi connectivity index (χ3n) is 3.23. The van der Waals surface area contributed by atoms with Gasteiger partial charge < -0.3 is 16.0 Å². The van der Waals surface area contributed by atoms with Gasteiger partial charge in [0.05, 0.1) is 10.4 Å². The van der Waals surface area contributed by atoms with E-state index in [4.69, 9.17) is 18.0 Å². The van der Waals surface area contributed by atoms with Gasteiger partial charge in [-0.05, 0) is 39.3 Å². The van der Waals surface area contributed by atoms with Gasteiger partial charge in [-0.3, -0.25) is 4.79 Å². The SMILES string of the molecule is CNC(=O)C1(C)CCN(CCCC(N)=S)C1. The van der Waals surface area contributed by atoms with Gasteiger partial charge in [-0.2, -0.15) is 0 Å². The quantitative estimate of drug-likeness (QED) is 0.691. The van der Waals surface area contributed by atoms with Crippen LogP contribution in [0.3, 0.4) is 0 Å². The Labute approximate surface area is 103 Å². The van der Waals surface area contributed by atoms with Gasteiger partial charge in [0, 0.05) is 13.6 Å². The topological polar surface area (TPSA) is 58.4 Å². The zero-order chi connectivity index (χ0) is 12.2. The Morgan fingerprint density at radius 1 is 1.62 bits per heavy atom. The molecular formula is C11H21N3OS. The molecule has 1 atom stereocenters. The molecule has 0 aromatic rings. The number of thiocarbonyl (C=S) groups is 1. The molecule has 1 rings (SSSR count). The van der Waals surface area contributed by atoms with Crippen molar-refractivity contribution in [2.45, 2.75) is 26.2 Å². The fraction of sp³-hybridized carbons (Fsp3) is 0.818. The number of rotatable bonds is 5. The Morgan fingerprint density at radius 3 is 2.88 bits per heavy atom. The fourth-order valence-corrected chi connectivity index (χ4v) is 2.36. The van der Waals surface area contributed by atoms with Crippen molar-refractivity contribution in [1.82, 2.24) is 10.2 Å². The molecule has 92 valence electrons. The van der Waals surface area contributed by atoms with Gasteiger partial charge in [0.2, 0.25) is 5.91 Å². The molecule has 1 aliphatic heterocycles. The van der Waals surface area contributed by atoms with E-state index in [-0.39, 0.29) is 11.3 Å². The first-order chi connectivity index (χ1) is 7.48. The van der Waals surface area contributed by atoms with Gasteiger partial charge in [-0.1, -0.05) is 12.2 Å². The van der Waals surface area contributed by atoms with Gasteiger partial charge in [0.1, 0.15) is 0 Å². The van der Waals surface area contributed by atoms with E-state index in [0.717, 1.165) is 38.9 Å². The summed E-state index contributed by atoms with van der Waals surface area (Å²) in [7, 11) is 1.70. The standard InChI is InChI=1S/C11H21N3OS/c1-11(10(15)13-2)5-7-14(8-11)6-3-4-9(12)16/h3-8H2,1-2H3,(H2,12,16)(H,13,15). The van der Waals surface area contributed by atoms with Crippen LogP contribution in [0.5, 0.6) is 0 Å². The van der Waals surface area contributed by atoms with E-state index in [9.17, 15) is 4.79 Å². The highest BCUT2D eigenvalue weighted by Crippen LogP contribution is 2.29. The van der Waals surface area contributed by atoms with Gasteiger partial charge in [0.25, 0.3) is 0 Å². The second-order valence-electron chi connectivity index (χ2n) is 4.74.